The lowest BCUT2D eigenvalue weighted by atomic mass is 10.1. The molecular weight excluding hydrogens is 203 g/mol. The minimum absolute atomic E-state index is 0.139. The van der Waals surface area contributed by atoms with Crippen LogP contribution in [0.5, 0.6) is 0 Å². The van der Waals surface area contributed by atoms with Crippen molar-refractivity contribution in [1.82, 2.24) is 4.68 Å². The van der Waals surface area contributed by atoms with E-state index < -0.39 is 0 Å². The van der Waals surface area contributed by atoms with Gasteiger partial charge in [0.1, 0.15) is 5.82 Å². The first-order valence-corrected chi connectivity index (χ1v) is 5.51. The first kappa shape index (κ1) is 9.46. The van der Waals surface area contributed by atoms with Gasteiger partial charge in [-0.25, -0.2) is 4.39 Å². The summed E-state index contributed by atoms with van der Waals surface area (Å²) in [6, 6.07) is 9.32. The molecule has 0 fully saturated rings. The molecule has 0 radical (unpaired) electrons. The van der Waals surface area contributed by atoms with Crippen molar-refractivity contribution in [3.05, 3.63) is 59.7 Å². The summed E-state index contributed by atoms with van der Waals surface area (Å²) in [7, 11) is 0. The van der Waals surface area contributed by atoms with Gasteiger partial charge in [-0.05, 0) is 48.2 Å². The van der Waals surface area contributed by atoms with Gasteiger partial charge in [0.25, 0.3) is 0 Å². The minimum atomic E-state index is -0.139. The Hall–Kier alpha value is -1.77. The number of halogens is 1. The van der Waals surface area contributed by atoms with E-state index in [0.717, 1.165) is 18.4 Å². The van der Waals surface area contributed by atoms with Gasteiger partial charge >= 0.3 is 0 Å². The Morgan fingerprint density at radius 3 is 2.88 bits per heavy atom. The highest BCUT2D eigenvalue weighted by atomic mass is 19.1. The summed E-state index contributed by atoms with van der Waals surface area (Å²) in [6.07, 6.45) is 5.92. The third-order valence-electron chi connectivity index (χ3n) is 3.09. The van der Waals surface area contributed by atoms with E-state index in [1.165, 1.54) is 11.6 Å². The second kappa shape index (κ2) is 3.67. The molecule has 1 aliphatic rings. The van der Waals surface area contributed by atoms with E-state index in [4.69, 9.17) is 0 Å². The average Bonchev–Trinajstić information content (AvgIpc) is 2.89. The number of aromatic nitrogens is 1. The molecule has 0 aliphatic heterocycles. The number of nitrogens with zero attached hydrogens (tertiary/aromatic N) is 1. The zero-order chi connectivity index (χ0) is 11.0. The minimum Gasteiger partial charge on any atom is -0.319 e. The third-order valence-corrected chi connectivity index (χ3v) is 3.09. The maximum absolute atomic E-state index is 13.0. The number of benzene rings is 1. The van der Waals surface area contributed by atoms with Crippen LogP contribution in [0.3, 0.4) is 0 Å². The molecule has 0 bridgehead atoms. The predicted molar refractivity (Wildman–Crippen MR) is 61.3 cm³/mol. The molecule has 82 valence electrons. The molecule has 0 saturated carbocycles. The smallest absolute Gasteiger partial charge is 0.123 e. The van der Waals surface area contributed by atoms with Crippen LogP contribution in [0.1, 0.15) is 23.6 Å². The lowest BCUT2D eigenvalue weighted by Crippen LogP contribution is -2.17. The molecule has 2 nitrogen and oxygen atoms in total. The van der Waals surface area contributed by atoms with Crippen molar-refractivity contribution >= 4 is 0 Å². The SMILES string of the molecule is Fc1ccc2c(c1)CCC2Nn1cccc1. The molecule has 1 heterocycles. The average molecular weight is 216 g/mol. The van der Waals surface area contributed by atoms with Gasteiger partial charge in [-0.2, -0.15) is 0 Å². The number of aryl methyl sites for hydroxylation is 1. The summed E-state index contributed by atoms with van der Waals surface area (Å²) in [4.78, 5) is 0. The van der Waals surface area contributed by atoms with Crippen molar-refractivity contribution in [3.8, 4) is 0 Å². The Morgan fingerprint density at radius 2 is 2.06 bits per heavy atom. The number of fused-ring (bicyclic) bond motifs is 1. The van der Waals surface area contributed by atoms with E-state index in [0.29, 0.717) is 6.04 Å². The Bertz CT molecular complexity index is 491. The van der Waals surface area contributed by atoms with Crippen LogP contribution in [0.25, 0.3) is 0 Å². The van der Waals surface area contributed by atoms with E-state index in [1.807, 2.05) is 35.3 Å². The van der Waals surface area contributed by atoms with E-state index in [9.17, 15) is 4.39 Å². The lowest BCUT2D eigenvalue weighted by molar-refractivity contribution is 0.625. The highest BCUT2D eigenvalue weighted by Crippen LogP contribution is 2.32. The molecule has 16 heavy (non-hydrogen) atoms. The zero-order valence-corrected chi connectivity index (χ0v) is 8.86. The molecule has 1 aromatic heterocycles. The van der Waals surface area contributed by atoms with Crippen molar-refractivity contribution in [2.75, 3.05) is 5.43 Å². The molecule has 2 aromatic rings. The highest BCUT2D eigenvalue weighted by Gasteiger charge is 2.22. The maximum atomic E-state index is 13.0. The van der Waals surface area contributed by atoms with E-state index >= 15 is 0 Å². The van der Waals surface area contributed by atoms with E-state index in [-0.39, 0.29) is 5.82 Å². The molecule has 1 N–H and O–H groups in total. The maximum Gasteiger partial charge on any atom is 0.123 e. The number of hydrogen-bond acceptors (Lipinski definition) is 1. The fourth-order valence-electron chi connectivity index (χ4n) is 2.32. The molecule has 1 aromatic carbocycles. The largest absolute Gasteiger partial charge is 0.319 e. The normalized spacial score (nSPS) is 18.4. The summed E-state index contributed by atoms with van der Waals surface area (Å²) in [5.41, 5.74) is 5.74. The molecule has 0 spiro atoms. The van der Waals surface area contributed by atoms with Crippen molar-refractivity contribution in [3.63, 3.8) is 0 Å². The molecule has 1 unspecified atom stereocenters. The fraction of sp³-hybridized carbons (Fsp3) is 0.231. The number of nitrogens with one attached hydrogen (secondary N) is 1. The van der Waals surface area contributed by atoms with Crippen LogP contribution in [0.4, 0.5) is 4.39 Å². The van der Waals surface area contributed by atoms with Gasteiger partial charge in [-0.3, -0.25) is 4.68 Å². The van der Waals surface area contributed by atoms with Crippen LogP contribution < -0.4 is 5.43 Å². The summed E-state index contributed by atoms with van der Waals surface area (Å²) >= 11 is 0. The van der Waals surface area contributed by atoms with Crippen LogP contribution in [0, 0.1) is 5.82 Å². The van der Waals surface area contributed by atoms with Gasteiger partial charge in [0.2, 0.25) is 0 Å². The molecule has 0 saturated heterocycles. The summed E-state index contributed by atoms with van der Waals surface area (Å²) in [5, 5.41) is 0. The van der Waals surface area contributed by atoms with Crippen molar-refractivity contribution in [1.29, 1.82) is 0 Å². The number of rotatable bonds is 2. The molecular formula is C13H13FN2. The second-order valence-corrected chi connectivity index (χ2v) is 4.15. The summed E-state index contributed by atoms with van der Waals surface area (Å²) in [6.45, 7) is 0. The van der Waals surface area contributed by atoms with Gasteiger partial charge in [0, 0.05) is 12.4 Å². The van der Waals surface area contributed by atoms with Crippen molar-refractivity contribution in [2.45, 2.75) is 18.9 Å². The first-order valence-electron chi connectivity index (χ1n) is 5.51. The van der Waals surface area contributed by atoms with Crippen molar-refractivity contribution < 1.29 is 4.39 Å². The Labute approximate surface area is 93.7 Å². The standard InChI is InChI=1S/C13H13FN2/c14-11-4-5-12-10(9-11)3-6-13(12)15-16-7-1-2-8-16/h1-2,4-5,7-9,13,15H,3,6H2. The van der Waals surface area contributed by atoms with Gasteiger partial charge in [-0.15, -0.1) is 0 Å². The molecule has 1 aliphatic carbocycles. The highest BCUT2D eigenvalue weighted by molar-refractivity contribution is 5.36. The Balaban J connectivity index is 1.86. The summed E-state index contributed by atoms with van der Waals surface area (Å²) < 4.78 is 15.0. The molecule has 0 amide bonds. The third kappa shape index (κ3) is 1.58. The van der Waals surface area contributed by atoms with E-state index in [1.54, 1.807) is 6.07 Å². The molecule has 3 rings (SSSR count). The molecule has 1 atom stereocenters. The Morgan fingerprint density at radius 1 is 1.25 bits per heavy atom. The van der Waals surface area contributed by atoms with E-state index in [2.05, 4.69) is 5.43 Å². The monoisotopic (exact) mass is 216 g/mol. The van der Waals surface area contributed by atoms with Gasteiger partial charge in [0.15, 0.2) is 0 Å². The molecule has 3 heteroatoms. The predicted octanol–water partition coefficient (Wildman–Crippen LogP) is 2.86. The quantitative estimate of drug-likeness (QED) is 0.816. The number of hydrogen-bond donors (Lipinski definition) is 1. The Kier molecular flexibility index (Phi) is 2.17. The van der Waals surface area contributed by atoms with Crippen molar-refractivity contribution in [2.24, 2.45) is 0 Å². The van der Waals surface area contributed by atoms with Gasteiger partial charge < -0.3 is 5.43 Å². The zero-order valence-electron chi connectivity index (χ0n) is 8.86. The van der Waals surface area contributed by atoms with Crippen LogP contribution in [-0.4, -0.2) is 4.68 Å². The lowest BCUT2D eigenvalue weighted by Gasteiger charge is -2.16. The first-order chi connectivity index (χ1) is 7.83. The summed E-state index contributed by atoms with van der Waals surface area (Å²) in [5.74, 6) is -0.139. The fourth-order valence-corrected chi connectivity index (χ4v) is 2.32. The van der Waals surface area contributed by atoms with Crippen LogP contribution in [0.15, 0.2) is 42.7 Å². The van der Waals surface area contributed by atoms with Gasteiger partial charge in [-0.1, -0.05) is 6.07 Å². The van der Waals surface area contributed by atoms with Crippen LogP contribution >= 0.6 is 0 Å². The van der Waals surface area contributed by atoms with Crippen LogP contribution in [-0.2, 0) is 6.42 Å². The second-order valence-electron chi connectivity index (χ2n) is 4.15. The van der Waals surface area contributed by atoms with Crippen LogP contribution in [0.2, 0.25) is 0 Å². The van der Waals surface area contributed by atoms with Gasteiger partial charge in [0.05, 0.1) is 6.04 Å². The topological polar surface area (TPSA) is 17.0 Å².